The number of benzene rings is 1. The molecule has 0 fully saturated rings. The molecule has 32 heavy (non-hydrogen) atoms. The highest BCUT2D eigenvalue weighted by Crippen LogP contribution is 2.55. The maximum atomic E-state index is 13.8. The Kier molecular flexibility index (Phi) is 8.02. The van der Waals surface area contributed by atoms with Crippen LogP contribution < -0.4 is 10.1 Å². The average molecular weight is 489 g/mol. The van der Waals surface area contributed by atoms with Crippen LogP contribution in [-0.2, 0) is 4.74 Å². The molecule has 1 rings (SSSR count). The maximum absolute atomic E-state index is 13.8. The lowest BCUT2D eigenvalue weighted by Gasteiger charge is -2.32. The predicted octanol–water partition coefficient (Wildman–Crippen LogP) is 6.85. The van der Waals surface area contributed by atoms with Crippen LogP contribution in [0.15, 0.2) is 36.1 Å². The highest BCUT2D eigenvalue weighted by atomic mass is 19.4. The maximum Gasteiger partial charge on any atom is 0.460 e. The molecule has 0 heterocycles. The van der Waals surface area contributed by atoms with E-state index in [1.54, 1.807) is 13.8 Å². The van der Waals surface area contributed by atoms with Crippen molar-refractivity contribution in [2.24, 2.45) is 5.92 Å². The number of halogens is 11. The molecule has 15 heteroatoms. The third-order valence-corrected chi connectivity index (χ3v) is 3.46. The highest BCUT2D eigenvalue weighted by Gasteiger charge is 2.83. The molecular formula is C17H14F11NO3. The number of para-hydroxylation sites is 2. The minimum Gasteiger partial charge on any atom is -0.449 e. The SMILES string of the molecule is CC(C)COC(=O)Nc1ccccc1OC(F)=C(F)C(F)(F)C(F)(F)C(F)(F)C(F)(F)F. The molecule has 1 amide bonds. The Bertz CT molecular complexity index is 850. The topological polar surface area (TPSA) is 47.6 Å². The van der Waals surface area contributed by atoms with Crippen LogP contribution in [-0.4, -0.2) is 36.6 Å². The Morgan fingerprint density at radius 2 is 1.47 bits per heavy atom. The van der Waals surface area contributed by atoms with E-state index >= 15 is 0 Å². The Labute approximate surface area is 173 Å². The molecule has 0 aliphatic carbocycles. The number of alkyl halides is 9. The first-order chi connectivity index (χ1) is 14.4. The van der Waals surface area contributed by atoms with Gasteiger partial charge in [-0.2, -0.15) is 48.3 Å². The standard InChI is InChI=1S/C17H14F11NO3/c1-8(2)7-31-13(30)29-9-5-3-4-6-10(9)32-12(19)11(18)14(20,21)15(22,23)16(24,25)17(26,27)28/h3-6,8H,7H2,1-2H3,(H,29,30). The summed E-state index contributed by atoms with van der Waals surface area (Å²) in [5.74, 6) is -27.0. The molecule has 0 spiro atoms. The van der Waals surface area contributed by atoms with E-state index < -0.39 is 53.3 Å². The number of hydrogen-bond donors (Lipinski definition) is 1. The fraction of sp³-hybridized carbons (Fsp3) is 0.471. The lowest BCUT2D eigenvalue weighted by molar-refractivity contribution is -0.392. The first-order valence-corrected chi connectivity index (χ1v) is 8.32. The van der Waals surface area contributed by atoms with Crippen LogP contribution in [0.3, 0.4) is 0 Å². The van der Waals surface area contributed by atoms with Gasteiger partial charge in [0.1, 0.15) is 0 Å². The summed E-state index contributed by atoms with van der Waals surface area (Å²) >= 11 is 0. The number of allylic oxidation sites excluding steroid dienone is 1. The Balaban J connectivity index is 3.24. The number of hydrogen-bond acceptors (Lipinski definition) is 3. The number of carbonyl (C=O) groups is 1. The molecule has 0 atom stereocenters. The van der Waals surface area contributed by atoms with Gasteiger partial charge in [0, 0.05) is 0 Å². The van der Waals surface area contributed by atoms with Crippen LogP contribution in [0.25, 0.3) is 0 Å². The fourth-order valence-corrected chi connectivity index (χ4v) is 1.83. The van der Waals surface area contributed by atoms with E-state index in [0.29, 0.717) is 6.07 Å². The molecule has 182 valence electrons. The van der Waals surface area contributed by atoms with Crippen LogP contribution >= 0.6 is 0 Å². The Morgan fingerprint density at radius 1 is 0.938 bits per heavy atom. The van der Waals surface area contributed by atoms with E-state index in [1.165, 1.54) is 0 Å². The molecule has 0 bridgehead atoms. The van der Waals surface area contributed by atoms with Gasteiger partial charge in [0.05, 0.1) is 12.3 Å². The number of amides is 1. The second-order valence-corrected chi connectivity index (χ2v) is 6.52. The largest absolute Gasteiger partial charge is 0.460 e. The van der Waals surface area contributed by atoms with Gasteiger partial charge < -0.3 is 9.47 Å². The van der Waals surface area contributed by atoms with E-state index in [9.17, 15) is 53.1 Å². The third-order valence-electron chi connectivity index (χ3n) is 3.46. The van der Waals surface area contributed by atoms with Gasteiger partial charge in [0.25, 0.3) is 0 Å². The summed E-state index contributed by atoms with van der Waals surface area (Å²) in [6.07, 6.45) is -8.40. The molecule has 1 aromatic carbocycles. The molecule has 0 unspecified atom stereocenters. The Hall–Kier alpha value is -2.74. The number of nitrogens with one attached hydrogen (secondary N) is 1. The van der Waals surface area contributed by atoms with Crippen molar-refractivity contribution in [2.45, 2.75) is 37.8 Å². The Morgan fingerprint density at radius 3 is 1.97 bits per heavy atom. The summed E-state index contributed by atoms with van der Waals surface area (Å²) in [7, 11) is 0. The van der Waals surface area contributed by atoms with E-state index in [-0.39, 0.29) is 12.5 Å². The van der Waals surface area contributed by atoms with Crippen LogP contribution in [0.2, 0.25) is 0 Å². The van der Waals surface area contributed by atoms with Crippen LogP contribution in [0.1, 0.15) is 13.8 Å². The first-order valence-electron chi connectivity index (χ1n) is 8.32. The molecule has 0 aromatic heterocycles. The van der Waals surface area contributed by atoms with Gasteiger partial charge in [-0.1, -0.05) is 26.0 Å². The summed E-state index contributed by atoms with van der Waals surface area (Å²) in [4.78, 5) is 11.6. The lowest BCUT2D eigenvalue weighted by Crippen LogP contribution is -2.61. The smallest absolute Gasteiger partial charge is 0.449 e. The molecule has 4 nitrogen and oxygen atoms in total. The second-order valence-electron chi connectivity index (χ2n) is 6.52. The first kappa shape index (κ1) is 27.3. The van der Waals surface area contributed by atoms with Crippen molar-refractivity contribution in [3.05, 3.63) is 36.1 Å². The van der Waals surface area contributed by atoms with Crippen molar-refractivity contribution in [3.8, 4) is 5.75 Å². The zero-order valence-corrected chi connectivity index (χ0v) is 16.0. The van der Waals surface area contributed by atoms with Gasteiger partial charge in [-0.05, 0) is 18.1 Å². The number of carbonyl (C=O) groups excluding carboxylic acids is 1. The number of ether oxygens (including phenoxy) is 2. The van der Waals surface area contributed by atoms with E-state index in [2.05, 4.69) is 9.47 Å². The zero-order valence-electron chi connectivity index (χ0n) is 16.0. The predicted molar refractivity (Wildman–Crippen MR) is 87.0 cm³/mol. The van der Waals surface area contributed by atoms with Gasteiger partial charge in [0.15, 0.2) is 5.75 Å². The van der Waals surface area contributed by atoms with E-state index in [4.69, 9.17) is 0 Å². The van der Waals surface area contributed by atoms with Crippen molar-refractivity contribution in [1.82, 2.24) is 0 Å². The monoisotopic (exact) mass is 489 g/mol. The van der Waals surface area contributed by atoms with Gasteiger partial charge >= 0.3 is 36.1 Å². The van der Waals surface area contributed by atoms with Crippen molar-refractivity contribution in [1.29, 1.82) is 0 Å². The second kappa shape index (κ2) is 9.40. The summed E-state index contributed by atoms with van der Waals surface area (Å²) in [5.41, 5.74) is -0.570. The van der Waals surface area contributed by atoms with Crippen LogP contribution in [0.4, 0.5) is 58.8 Å². The molecule has 0 saturated heterocycles. The van der Waals surface area contributed by atoms with Crippen molar-refractivity contribution in [2.75, 3.05) is 11.9 Å². The van der Waals surface area contributed by atoms with Crippen LogP contribution in [0.5, 0.6) is 5.75 Å². The summed E-state index contributed by atoms with van der Waals surface area (Å²) < 4.78 is 151. The fourth-order valence-electron chi connectivity index (χ4n) is 1.83. The molecule has 0 aliphatic rings. The number of anilines is 1. The van der Waals surface area contributed by atoms with E-state index in [0.717, 1.165) is 18.2 Å². The molecule has 1 N–H and O–H groups in total. The zero-order chi connectivity index (χ0) is 25.1. The van der Waals surface area contributed by atoms with Gasteiger partial charge in [-0.25, -0.2) is 4.79 Å². The van der Waals surface area contributed by atoms with Gasteiger partial charge in [-0.15, -0.1) is 0 Å². The summed E-state index contributed by atoms with van der Waals surface area (Å²) in [6.45, 7) is 3.21. The normalized spacial score (nSPS) is 14.2. The van der Waals surface area contributed by atoms with Crippen LogP contribution in [0, 0.1) is 5.92 Å². The van der Waals surface area contributed by atoms with E-state index in [1.807, 2.05) is 5.32 Å². The number of rotatable bonds is 8. The molecule has 1 aromatic rings. The van der Waals surface area contributed by atoms with Crippen molar-refractivity contribution >= 4 is 11.8 Å². The molecule has 0 radical (unpaired) electrons. The summed E-state index contributed by atoms with van der Waals surface area (Å²) in [5, 5.41) is 1.92. The average Bonchev–Trinajstić information content (AvgIpc) is 2.65. The highest BCUT2D eigenvalue weighted by molar-refractivity contribution is 5.86. The van der Waals surface area contributed by atoms with Crippen molar-refractivity contribution in [3.63, 3.8) is 0 Å². The molecule has 0 aliphatic heterocycles. The molecular weight excluding hydrogens is 475 g/mol. The quantitative estimate of drug-likeness (QED) is 0.321. The summed E-state index contributed by atoms with van der Waals surface area (Å²) in [6, 6.07) is 0.552. The van der Waals surface area contributed by atoms with Gasteiger partial charge in [0.2, 0.25) is 5.83 Å². The molecule has 0 saturated carbocycles. The van der Waals surface area contributed by atoms with Crippen molar-refractivity contribution < 1.29 is 62.6 Å². The lowest BCUT2D eigenvalue weighted by atomic mass is 10.0. The minimum absolute atomic E-state index is 0.105. The minimum atomic E-state index is -7.43. The van der Waals surface area contributed by atoms with Gasteiger partial charge in [-0.3, -0.25) is 5.32 Å². The third kappa shape index (κ3) is 5.54.